The number of anilines is 1. The summed E-state index contributed by atoms with van der Waals surface area (Å²) in [5.74, 6) is 5.16. The lowest BCUT2D eigenvalue weighted by Crippen LogP contribution is -2.44. The third-order valence-electron chi connectivity index (χ3n) is 2.38. The van der Waals surface area contributed by atoms with E-state index in [1.54, 1.807) is 13.8 Å². The molecular formula is C12H18FN3O3. The van der Waals surface area contributed by atoms with Crippen LogP contribution >= 0.6 is 0 Å². The van der Waals surface area contributed by atoms with Crippen LogP contribution in [0.5, 0.6) is 5.75 Å². The van der Waals surface area contributed by atoms with Crippen molar-refractivity contribution < 1.29 is 19.0 Å². The Balaban J connectivity index is 3.15. The summed E-state index contributed by atoms with van der Waals surface area (Å²) in [4.78, 5) is 11.5. The Morgan fingerprint density at radius 3 is 2.74 bits per heavy atom. The van der Waals surface area contributed by atoms with E-state index in [4.69, 9.17) is 15.7 Å². The van der Waals surface area contributed by atoms with Crippen LogP contribution in [0.15, 0.2) is 18.2 Å². The Kier molecular flexibility index (Phi) is 4.68. The summed E-state index contributed by atoms with van der Waals surface area (Å²) in [6.07, 6.45) is 0. The summed E-state index contributed by atoms with van der Waals surface area (Å²) < 4.78 is 18.8. The number of hydrogen-bond donors (Lipinski definition) is 3. The number of carbonyl (C=O) groups is 1. The third-order valence-corrected chi connectivity index (χ3v) is 2.38. The SMILES string of the molecule is CNC(=O)N(N)c1ccc(F)cc1OC(C)(C)CO. The molecule has 106 valence electrons. The van der Waals surface area contributed by atoms with Gasteiger partial charge in [0, 0.05) is 13.1 Å². The highest BCUT2D eigenvalue weighted by Gasteiger charge is 2.23. The Bertz CT molecular complexity index is 466. The molecule has 7 heteroatoms. The molecule has 6 nitrogen and oxygen atoms in total. The van der Waals surface area contributed by atoms with Crippen molar-refractivity contribution in [1.82, 2.24) is 5.32 Å². The first-order chi connectivity index (χ1) is 8.80. The smallest absolute Gasteiger partial charge is 0.336 e. The highest BCUT2D eigenvalue weighted by Crippen LogP contribution is 2.30. The summed E-state index contributed by atoms with van der Waals surface area (Å²) in [6, 6.07) is 3.03. The van der Waals surface area contributed by atoms with E-state index >= 15 is 0 Å². The first kappa shape index (κ1) is 15.2. The molecule has 1 rings (SSSR count). The molecule has 0 radical (unpaired) electrons. The van der Waals surface area contributed by atoms with Crippen LogP contribution in [0.2, 0.25) is 0 Å². The summed E-state index contributed by atoms with van der Waals surface area (Å²) >= 11 is 0. The number of aliphatic hydroxyl groups is 1. The second-order valence-electron chi connectivity index (χ2n) is 4.56. The molecule has 0 aliphatic carbocycles. The number of nitrogens with one attached hydrogen (secondary N) is 1. The molecule has 1 aromatic rings. The van der Waals surface area contributed by atoms with E-state index < -0.39 is 17.4 Å². The molecule has 1 aromatic carbocycles. The van der Waals surface area contributed by atoms with Crippen LogP contribution in [-0.2, 0) is 0 Å². The maximum atomic E-state index is 13.3. The molecule has 0 aliphatic rings. The molecule has 0 unspecified atom stereocenters. The van der Waals surface area contributed by atoms with E-state index in [-0.39, 0.29) is 18.0 Å². The number of aliphatic hydroxyl groups excluding tert-OH is 1. The van der Waals surface area contributed by atoms with Gasteiger partial charge < -0.3 is 15.2 Å². The minimum atomic E-state index is -0.925. The van der Waals surface area contributed by atoms with Gasteiger partial charge in [0.05, 0.1) is 6.61 Å². The van der Waals surface area contributed by atoms with Crippen LogP contribution in [0.4, 0.5) is 14.9 Å². The fourth-order valence-electron chi connectivity index (χ4n) is 1.33. The first-order valence-electron chi connectivity index (χ1n) is 5.66. The molecule has 0 saturated heterocycles. The van der Waals surface area contributed by atoms with Gasteiger partial charge in [0.15, 0.2) is 0 Å². The normalized spacial score (nSPS) is 11.1. The van der Waals surface area contributed by atoms with Crippen molar-refractivity contribution in [2.45, 2.75) is 19.4 Å². The standard InChI is InChI=1S/C12H18FN3O3/c1-12(2,7-17)19-10-6-8(13)4-5-9(10)16(14)11(18)15-3/h4-6,17H,7,14H2,1-3H3,(H,15,18). The van der Waals surface area contributed by atoms with Crippen molar-refractivity contribution in [3.05, 3.63) is 24.0 Å². The Morgan fingerprint density at radius 1 is 1.58 bits per heavy atom. The highest BCUT2D eigenvalue weighted by molar-refractivity contribution is 5.92. The Morgan fingerprint density at radius 2 is 2.21 bits per heavy atom. The van der Waals surface area contributed by atoms with Gasteiger partial charge in [-0.3, -0.25) is 0 Å². The van der Waals surface area contributed by atoms with Crippen LogP contribution in [0.1, 0.15) is 13.8 Å². The van der Waals surface area contributed by atoms with Crippen molar-refractivity contribution in [2.24, 2.45) is 5.84 Å². The molecule has 0 heterocycles. The van der Waals surface area contributed by atoms with Crippen LogP contribution in [0.3, 0.4) is 0 Å². The van der Waals surface area contributed by atoms with E-state index in [2.05, 4.69) is 5.32 Å². The Hall–Kier alpha value is -1.86. The number of nitrogens with two attached hydrogens (primary N) is 1. The molecule has 0 spiro atoms. The van der Waals surface area contributed by atoms with Gasteiger partial charge in [-0.15, -0.1) is 0 Å². The number of ether oxygens (including phenoxy) is 1. The quantitative estimate of drug-likeness (QED) is 0.433. The van der Waals surface area contributed by atoms with Crippen LogP contribution < -0.4 is 20.9 Å². The van der Waals surface area contributed by atoms with Crippen molar-refractivity contribution in [3.8, 4) is 5.75 Å². The molecule has 0 fully saturated rings. The first-order valence-corrected chi connectivity index (χ1v) is 5.66. The summed E-state index contributed by atoms with van der Waals surface area (Å²) in [5, 5.41) is 12.3. The number of hydrazine groups is 1. The average Bonchev–Trinajstić information content (AvgIpc) is 2.37. The zero-order valence-electron chi connectivity index (χ0n) is 11.1. The molecule has 0 atom stereocenters. The van der Waals surface area contributed by atoms with Gasteiger partial charge in [0.25, 0.3) is 0 Å². The van der Waals surface area contributed by atoms with E-state index in [1.165, 1.54) is 13.1 Å². The summed E-state index contributed by atoms with van der Waals surface area (Å²) in [7, 11) is 1.42. The van der Waals surface area contributed by atoms with Crippen LogP contribution in [0.25, 0.3) is 0 Å². The molecule has 0 aromatic heterocycles. The number of amides is 2. The molecule has 2 amide bonds. The van der Waals surface area contributed by atoms with Crippen molar-refractivity contribution in [3.63, 3.8) is 0 Å². The van der Waals surface area contributed by atoms with E-state index in [0.29, 0.717) is 0 Å². The lowest BCUT2D eigenvalue weighted by molar-refractivity contribution is 0.0414. The zero-order chi connectivity index (χ0) is 14.6. The highest BCUT2D eigenvalue weighted by atomic mass is 19.1. The lowest BCUT2D eigenvalue weighted by Gasteiger charge is -2.27. The predicted molar refractivity (Wildman–Crippen MR) is 69.3 cm³/mol. The molecule has 0 bridgehead atoms. The fraction of sp³-hybridized carbons (Fsp3) is 0.417. The number of rotatable bonds is 4. The molecule has 0 aliphatic heterocycles. The van der Waals surface area contributed by atoms with Gasteiger partial charge in [0.2, 0.25) is 0 Å². The second-order valence-corrected chi connectivity index (χ2v) is 4.56. The van der Waals surface area contributed by atoms with Crippen molar-refractivity contribution in [1.29, 1.82) is 0 Å². The number of nitrogens with zero attached hydrogens (tertiary/aromatic N) is 1. The number of halogens is 1. The zero-order valence-corrected chi connectivity index (χ0v) is 11.1. The second kappa shape index (κ2) is 5.85. The van der Waals surface area contributed by atoms with Gasteiger partial charge in [-0.1, -0.05) is 0 Å². The number of urea groups is 1. The number of benzene rings is 1. The molecule has 0 saturated carbocycles. The fourth-order valence-corrected chi connectivity index (χ4v) is 1.33. The minimum absolute atomic E-state index is 0.0742. The predicted octanol–water partition coefficient (Wildman–Crippen LogP) is 0.995. The molecule has 19 heavy (non-hydrogen) atoms. The van der Waals surface area contributed by atoms with Crippen LogP contribution in [-0.4, -0.2) is 30.4 Å². The van der Waals surface area contributed by atoms with Crippen LogP contribution in [0, 0.1) is 5.82 Å². The van der Waals surface area contributed by atoms with E-state index in [9.17, 15) is 9.18 Å². The van der Waals surface area contributed by atoms with Gasteiger partial charge in [0.1, 0.15) is 22.9 Å². The maximum absolute atomic E-state index is 13.3. The maximum Gasteiger partial charge on any atom is 0.336 e. The van der Waals surface area contributed by atoms with Gasteiger partial charge in [-0.25, -0.2) is 20.0 Å². The van der Waals surface area contributed by atoms with Crippen molar-refractivity contribution >= 4 is 11.7 Å². The van der Waals surface area contributed by atoms with Crippen molar-refractivity contribution in [2.75, 3.05) is 18.7 Å². The minimum Gasteiger partial charge on any atom is -0.483 e. The van der Waals surface area contributed by atoms with Gasteiger partial charge in [-0.05, 0) is 26.0 Å². The lowest BCUT2D eigenvalue weighted by atomic mass is 10.1. The third kappa shape index (κ3) is 3.80. The largest absolute Gasteiger partial charge is 0.483 e. The number of hydrogen-bond acceptors (Lipinski definition) is 4. The topological polar surface area (TPSA) is 87.8 Å². The van der Waals surface area contributed by atoms with Gasteiger partial charge >= 0.3 is 6.03 Å². The average molecular weight is 271 g/mol. The molecular weight excluding hydrogens is 253 g/mol. The Labute approximate surface area is 110 Å². The molecule has 4 N–H and O–H groups in total. The summed E-state index contributed by atoms with van der Waals surface area (Å²) in [6.45, 7) is 2.98. The van der Waals surface area contributed by atoms with E-state index in [0.717, 1.165) is 17.1 Å². The van der Waals surface area contributed by atoms with E-state index in [1.807, 2.05) is 0 Å². The number of carbonyl (C=O) groups excluding carboxylic acids is 1. The van der Waals surface area contributed by atoms with Gasteiger partial charge in [-0.2, -0.15) is 0 Å². The summed E-state index contributed by atoms with van der Waals surface area (Å²) in [5.41, 5.74) is -0.728. The monoisotopic (exact) mass is 271 g/mol.